The van der Waals surface area contributed by atoms with Gasteiger partial charge in [-0.3, -0.25) is 21.7 Å². The Hall–Kier alpha value is -6.79. The molecule has 0 fully saturated rings. The standard InChI is InChI=1S/4C13H12N4S.4C3H6O.2Ag.2ClHO4.2Hg/c4*18-13(16-14-11-7-3-1-4-8-11)17-15-12-9-5-2-6-10-12;4*1-3(2)4;;;2*2-1(3,4)5;;/h4*1-10,14H,(H,16,18);4*1-2H3;;;2*(H,2,3,4,5);;/q;;;;;;;;2*+1;;;2*+2/p-6. The van der Waals surface area contributed by atoms with Crippen molar-refractivity contribution in [1.29, 1.82) is 0 Å². The molecule has 0 saturated heterocycles. The third-order valence-electron chi connectivity index (χ3n) is 8.25. The molecule has 38 heteroatoms. The van der Waals surface area contributed by atoms with Crippen LogP contribution in [0.1, 0.15) is 55.4 Å². The molecule has 8 aromatic carbocycles. The van der Waals surface area contributed by atoms with Crippen LogP contribution in [0.2, 0.25) is 0 Å². The molecule has 0 unspecified atom stereocenters. The van der Waals surface area contributed by atoms with Gasteiger partial charge in [0.1, 0.15) is 23.1 Å². The van der Waals surface area contributed by atoms with Crippen LogP contribution in [-0.4, -0.2) is 43.8 Å². The van der Waals surface area contributed by atoms with E-state index in [1.807, 2.05) is 243 Å². The summed E-state index contributed by atoms with van der Waals surface area (Å²) in [6.45, 7) is 12.2. The van der Waals surface area contributed by atoms with Gasteiger partial charge in [-0.15, -0.1) is 20.5 Å². The summed E-state index contributed by atoms with van der Waals surface area (Å²) in [4.78, 5) is 37.8. The van der Waals surface area contributed by atoms with Crippen molar-refractivity contribution in [1.82, 2.24) is 0 Å². The van der Waals surface area contributed by atoms with Crippen LogP contribution in [0.4, 0.5) is 45.5 Å². The number of nitrogens with one attached hydrogen (secondary N) is 4. The van der Waals surface area contributed by atoms with E-state index in [4.69, 9.17) is 87.8 Å². The van der Waals surface area contributed by atoms with Gasteiger partial charge in [-0.2, -0.15) is 61.3 Å². The van der Waals surface area contributed by atoms with E-state index >= 15 is 0 Å². The van der Waals surface area contributed by atoms with Crippen molar-refractivity contribution in [2.75, 3.05) is 21.7 Å². The van der Waals surface area contributed by atoms with E-state index in [0.29, 0.717) is 0 Å². The van der Waals surface area contributed by atoms with Crippen LogP contribution < -0.4 is 59.0 Å². The number of rotatable bonds is 12. The Morgan fingerprint density at radius 2 is 0.373 bits per heavy atom. The summed E-state index contributed by atoms with van der Waals surface area (Å²) in [5.41, 5.74) is 17.6. The first-order chi connectivity index (χ1) is 46.3. The maximum absolute atomic E-state index is 9.44. The van der Waals surface area contributed by atoms with Crippen LogP contribution in [0, 0.1) is 20.5 Å². The summed E-state index contributed by atoms with van der Waals surface area (Å²) in [5.74, 6) is 0.667. The number of ketones is 4. The molecule has 0 aromatic heterocycles. The van der Waals surface area contributed by atoms with Gasteiger partial charge >= 0.3 is 100 Å². The zero-order chi connectivity index (χ0) is 73.8. The molecule has 28 nitrogen and oxygen atoms in total. The predicted molar refractivity (Wildman–Crippen MR) is 369 cm³/mol. The SMILES string of the molecule is CC(C)=O.CC(C)=O.CC(C)=O.CC(C)=O.[Ag+].[Ag+].[Hg+2].[Hg+2].[O-][Cl+3]([O-])([O-])[O-].[O-][Cl+3]([O-])([O-])[O-].[S-]/C(N=Nc1ccccc1)=N\Nc1ccccc1.[S-]/C(N=Nc1ccccc1)=N\Nc1ccccc1.[S-]/C(N=Nc1ccccc1)=N\Nc1ccccc1.[S-]/C(N=Nc1ccccc1)=N\Nc1ccccc1. The molecule has 0 aliphatic rings. The summed E-state index contributed by atoms with van der Waals surface area (Å²) in [5, 5.41) is 47.6. The third-order valence-corrected chi connectivity index (χ3v) is 8.94. The van der Waals surface area contributed by atoms with Crippen LogP contribution in [0.3, 0.4) is 0 Å². The number of azo groups is 4. The Morgan fingerprint density at radius 3 is 0.490 bits per heavy atom. The molecule has 0 atom stereocenters. The van der Waals surface area contributed by atoms with Crippen molar-refractivity contribution in [2.45, 2.75) is 55.4 Å². The van der Waals surface area contributed by atoms with Gasteiger partial charge in [0, 0.05) is 0 Å². The first-order valence-electron chi connectivity index (χ1n) is 27.5. The fraction of sp³-hybridized carbons (Fsp3) is 0.125. The van der Waals surface area contributed by atoms with E-state index in [1.165, 1.54) is 55.4 Å². The summed E-state index contributed by atoms with van der Waals surface area (Å²) in [7, 11) is -9.89. The largest absolute Gasteiger partial charge is 2.00 e. The Kier molecular flexibility index (Phi) is 71.4. The van der Waals surface area contributed by atoms with Crippen LogP contribution in [0.15, 0.2) is 304 Å². The van der Waals surface area contributed by atoms with Gasteiger partial charge in [0.15, 0.2) is 0 Å². The van der Waals surface area contributed by atoms with E-state index in [0.717, 1.165) is 45.5 Å². The number of halogens is 2. The molecular formula is C64H68Ag2Cl2Hg2N16O12S4. The minimum atomic E-state index is -4.94. The molecule has 102 heavy (non-hydrogen) atoms. The van der Waals surface area contributed by atoms with Gasteiger partial charge < -0.3 is 69.7 Å². The number of hydrogen-bond donors (Lipinski definition) is 4. The molecule has 8 aromatic rings. The zero-order valence-corrected chi connectivity index (χ0v) is 74.5. The first-order valence-corrected chi connectivity index (χ1v) is 31.6. The first kappa shape index (κ1) is 106. The Morgan fingerprint density at radius 1 is 0.265 bits per heavy atom. The second-order valence-corrected chi connectivity index (χ2v) is 21.0. The molecule has 0 saturated carbocycles. The fourth-order valence-electron chi connectivity index (χ4n) is 4.97. The monoisotopic (exact) mass is 2070 g/mol. The number of nitrogens with zero attached hydrogens (tertiary/aromatic N) is 12. The Bertz CT molecular complexity index is 3200. The summed E-state index contributed by atoms with van der Waals surface area (Å²) < 4.78 is 67.9. The van der Waals surface area contributed by atoms with E-state index < -0.39 is 20.5 Å². The zero-order valence-electron chi connectivity index (χ0n) is 55.8. The number of Topliss-reactive ketones (excluding diaryl/α,β-unsaturated/α-hetero) is 4. The molecule has 0 heterocycles. The van der Waals surface area contributed by atoms with Gasteiger partial charge in [-0.1, -0.05) is 146 Å². The quantitative estimate of drug-likeness (QED) is 0.0228. The van der Waals surface area contributed by atoms with Crippen LogP contribution in [-0.2, 0) is 170 Å². The predicted octanol–water partition coefficient (Wildman–Crippen LogP) is 7.66. The van der Waals surface area contributed by atoms with E-state index in [1.54, 1.807) is 0 Å². The average Bonchev–Trinajstić information content (AvgIpc) is 1.02. The molecule has 540 valence electrons. The number of benzene rings is 8. The van der Waals surface area contributed by atoms with E-state index in [-0.39, 0.29) is 144 Å². The van der Waals surface area contributed by atoms with Gasteiger partial charge in [0.2, 0.25) is 0 Å². The second kappa shape index (κ2) is 68.6. The number of carbonyl (C=O) groups excluding carboxylic acids is 4. The van der Waals surface area contributed by atoms with Crippen molar-refractivity contribution in [3.63, 3.8) is 0 Å². The van der Waals surface area contributed by atoms with E-state index in [2.05, 4.69) is 83.0 Å². The summed E-state index contributed by atoms with van der Waals surface area (Å²) >= 11 is 19.9. The maximum Gasteiger partial charge on any atom is 2.00 e. The minimum Gasteiger partial charge on any atom is -0.737 e. The molecule has 0 bridgehead atoms. The van der Waals surface area contributed by atoms with Crippen LogP contribution in [0.5, 0.6) is 0 Å². The number of hydrazone groups is 4. The Labute approximate surface area is 690 Å². The van der Waals surface area contributed by atoms with Crippen LogP contribution >= 0.6 is 0 Å². The van der Waals surface area contributed by atoms with Crippen molar-refractivity contribution in [2.24, 2.45) is 61.3 Å². The van der Waals surface area contributed by atoms with Gasteiger partial charge in [-0.05, 0) is 152 Å². The van der Waals surface area contributed by atoms with Gasteiger partial charge in [0.05, 0.1) is 66.2 Å². The molecular weight excluding hydrogens is 2000 g/mol. The molecule has 0 spiro atoms. The smallest absolute Gasteiger partial charge is 0.737 e. The fourth-order valence-corrected chi connectivity index (χ4v) is 5.32. The molecule has 0 amide bonds. The summed E-state index contributed by atoms with van der Waals surface area (Å²) in [6.07, 6.45) is 0. The topological polar surface area (TPSA) is 449 Å². The number of para-hydroxylation sites is 4. The van der Waals surface area contributed by atoms with Crippen molar-refractivity contribution in [3.05, 3.63) is 243 Å². The molecule has 0 aliphatic carbocycles. The van der Waals surface area contributed by atoms with Gasteiger partial charge in [0.25, 0.3) is 0 Å². The molecule has 4 N–H and O–H groups in total. The van der Waals surface area contributed by atoms with Crippen molar-refractivity contribution < 1.29 is 177 Å². The second-order valence-electron chi connectivity index (χ2n) is 18.0. The molecule has 0 radical (unpaired) electrons. The number of hydrogen-bond acceptors (Lipinski definition) is 28. The third kappa shape index (κ3) is 83.9. The van der Waals surface area contributed by atoms with E-state index in [9.17, 15) is 19.2 Å². The van der Waals surface area contributed by atoms with Gasteiger partial charge in [-0.25, -0.2) is 37.3 Å². The summed E-state index contributed by atoms with van der Waals surface area (Å²) in [6, 6.07) is 75.6. The number of carbonyl (C=O) groups is 4. The number of anilines is 4. The van der Waals surface area contributed by atoms with Crippen molar-refractivity contribution in [3.8, 4) is 0 Å². The number of amidine groups is 4. The normalized spacial score (nSPS) is 10.4. The van der Waals surface area contributed by atoms with Crippen LogP contribution in [0.25, 0.3) is 0 Å². The Balaban J connectivity index is -0.000000266. The molecule has 0 aliphatic heterocycles. The van der Waals surface area contributed by atoms with Crippen molar-refractivity contribution >= 4 is 140 Å². The molecule has 8 rings (SSSR count). The maximum atomic E-state index is 9.44. The minimum absolute atomic E-state index is 0. The average molecular weight is 2070 g/mol.